The molecule has 6 heteroatoms. The monoisotopic (exact) mass is 314 g/mol. The molecule has 0 bridgehead atoms. The van der Waals surface area contributed by atoms with Gasteiger partial charge in [0.2, 0.25) is 0 Å². The van der Waals surface area contributed by atoms with Gasteiger partial charge >= 0.3 is 0 Å². The maximum absolute atomic E-state index is 12.7. The van der Waals surface area contributed by atoms with Gasteiger partial charge in [-0.15, -0.1) is 0 Å². The Morgan fingerprint density at radius 3 is 2.29 bits per heavy atom. The minimum Gasteiger partial charge on any atom is -0.344 e. The highest BCUT2D eigenvalue weighted by atomic mass is 16.2. The van der Waals surface area contributed by atoms with Crippen molar-refractivity contribution >= 4 is 39.6 Å². The molecule has 6 nitrogen and oxygen atoms in total. The molecular formula is C18H10N4O2. The molecule has 3 heterocycles. The Bertz CT molecular complexity index is 1130. The lowest BCUT2D eigenvalue weighted by atomic mass is 10.1. The number of amides is 2. The van der Waals surface area contributed by atoms with Crippen LogP contribution in [0.15, 0.2) is 54.9 Å². The number of rotatable bonds is 1. The van der Waals surface area contributed by atoms with E-state index in [4.69, 9.17) is 0 Å². The van der Waals surface area contributed by atoms with E-state index in [-0.39, 0.29) is 17.6 Å². The van der Waals surface area contributed by atoms with Gasteiger partial charge in [0.25, 0.3) is 11.8 Å². The summed E-state index contributed by atoms with van der Waals surface area (Å²) >= 11 is 0. The normalized spacial score (nSPS) is 13.9. The maximum Gasteiger partial charge on any atom is 0.267 e. The van der Waals surface area contributed by atoms with Crippen LogP contribution in [0.3, 0.4) is 0 Å². The van der Waals surface area contributed by atoms with Crippen LogP contribution in [-0.4, -0.2) is 26.8 Å². The van der Waals surface area contributed by atoms with Gasteiger partial charge < -0.3 is 4.98 Å². The molecule has 0 saturated heterocycles. The summed E-state index contributed by atoms with van der Waals surface area (Å²) in [5, 5.41) is 0.894. The first kappa shape index (κ1) is 13.0. The zero-order valence-corrected chi connectivity index (χ0v) is 12.4. The van der Waals surface area contributed by atoms with Crippen molar-refractivity contribution in [3.05, 3.63) is 66.0 Å². The van der Waals surface area contributed by atoms with Crippen molar-refractivity contribution in [2.45, 2.75) is 0 Å². The molecule has 0 spiro atoms. The van der Waals surface area contributed by atoms with Gasteiger partial charge in [-0.2, -0.15) is 0 Å². The molecule has 5 rings (SSSR count). The molecule has 0 saturated carbocycles. The number of aromatic amines is 1. The third kappa shape index (κ3) is 1.54. The molecule has 0 fully saturated rings. The second kappa shape index (κ2) is 4.48. The molecule has 114 valence electrons. The predicted molar refractivity (Wildman–Crippen MR) is 89.0 cm³/mol. The van der Waals surface area contributed by atoms with E-state index in [9.17, 15) is 9.59 Å². The standard InChI is InChI=1S/C18H10N4O2/c23-17-10-5-1-2-6-11(10)18(24)22(17)16-15-14(19-9-20-15)12-7-3-4-8-13(12)21-16/h1-9H,(H,19,20). The summed E-state index contributed by atoms with van der Waals surface area (Å²) in [7, 11) is 0. The van der Waals surface area contributed by atoms with Gasteiger partial charge in [-0.1, -0.05) is 30.3 Å². The first-order chi connectivity index (χ1) is 11.8. The average Bonchev–Trinajstić information content (AvgIpc) is 3.20. The molecule has 0 unspecified atom stereocenters. The lowest BCUT2D eigenvalue weighted by Gasteiger charge is -2.14. The number of imide groups is 1. The van der Waals surface area contributed by atoms with Crippen molar-refractivity contribution in [2.24, 2.45) is 0 Å². The molecule has 1 aliphatic rings. The number of para-hydroxylation sites is 1. The Morgan fingerprint density at radius 1 is 0.875 bits per heavy atom. The van der Waals surface area contributed by atoms with Crippen molar-refractivity contribution < 1.29 is 9.59 Å². The number of pyridine rings is 1. The Labute approximate surface area is 135 Å². The fourth-order valence-corrected chi connectivity index (χ4v) is 3.16. The number of H-pyrrole nitrogens is 1. The van der Waals surface area contributed by atoms with E-state index >= 15 is 0 Å². The van der Waals surface area contributed by atoms with E-state index in [0.717, 1.165) is 15.8 Å². The highest BCUT2D eigenvalue weighted by Gasteiger charge is 2.38. The minimum absolute atomic E-state index is 0.260. The van der Waals surface area contributed by atoms with E-state index in [0.29, 0.717) is 22.2 Å². The second-order valence-corrected chi connectivity index (χ2v) is 5.57. The summed E-state index contributed by atoms with van der Waals surface area (Å²) in [6.45, 7) is 0. The minimum atomic E-state index is -0.373. The van der Waals surface area contributed by atoms with Crippen LogP contribution < -0.4 is 4.90 Å². The number of nitrogens with zero attached hydrogens (tertiary/aromatic N) is 3. The molecule has 1 N–H and O–H groups in total. The van der Waals surface area contributed by atoms with Crippen LogP contribution in [0.4, 0.5) is 5.82 Å². The molecule has 1 aliphatic heterocycles. The number of hydrogen-bond donors (Lipinski definition) is 1. The summed E-state index contributed by atoms with van der Waals surface area (Å²) in [6.07, 6.45) is 1.54. The quantitative estimate of drug-likeness (QED) is 0.548. The van der Waals surface area contributed by atoms with E-state index in [1.807, 2.05) is 24.3 Å². The Kier molecular flexibility index (Phi) is 2.42. The number of benzene rings is 2. The Hall–Kier alpha value is -3.54. The van der Waals surface area contributed by atoms with Gasteiger partial charge in [0.1, 0.15) is 5.52 Å². The predicted octanol–water partition coefficient (Wildman–Crippen LogP) is 2.91. The molecular weight excluding hydrogens is 304 g/mol. The largest absolute Gasteiger partial charge is 0.344 e. The number of aromatic nitrogens is 3. The number of nitrogens with one attached hydrogen (secondary N) is 1. The maximum atomic E-state index is 12.7. The van der Waals surface area contributed by atoms with E-state index < -0.39 is 0 Å². The van der Waals surface area contributed by atoms with Crippen LogP contribution in [-0.2, 0) is 0 Å². The van der Waals surface area contributed by atoms with Crippen LogP contribution >= 0.6 is 0 Å². The summed E-state index contributed by atoms with van der Waals surface area (Å²) in [4.78, 5) is 38.5. The highest BCUT2D eigenvalue weighted by molar-refractivity contribution is 6.35. The Balaban J connectivity index is 1.82. The molecule has 2 aromatic carbocycles. The van der Waals surface area contributed by atoms with Crippen molar-refractivity contribution in [3.63, 3.8) is 0 Å². The lowest BCUT2D eigenvalue weighted by Crippen LogP contribution is -2.30. The average molecular weight is 314 g/mol. The van der Waals surface area contributed by atoms with Crippen LogP contribution in [0.25, 0.3) is 21.9 Å². The van der Waals surface area contributed by atoms with Gasteiger partial charge in [-0.3, -0.25) is 9.59 Å². The van der Waals surface area contributed by atoms with Crippen LogP contribution in [0.5, 0.6) is 0 Å². The number of fused-ring (bicyclic) bond motifs is 4. The summed E-state index contributed by atoms with van der Waals surface area (Å²) in [5.74, 6) is -0.485. The van der Waals surface area contributed by atoms with Crippen molar-refractivity contribution in [1.29, 1.82) is 0 Å². The number of carbonyl (C=O) groups excluding carboxylic acids is 2. The van der Waals surface area contributed by atoms with E-state index in [2.05, 4.69) is 15.0 Å². The van der Waals surface area contributed by atoms with Crippen LogP contribution in [0.2, 0.25) is 0 Å². The molecule has 0 atom stereocenters. The Morgan fingerprint density at radius 2 is 1.54 bits per heavy atom. The van der Waals surface area contributed by atoms with Crippen molar-refractivity contribution in [2.75, 3.05) is 4.90 Å². The lowest BCUT2D eigenvalue weighted by molar-refractivity contribution is 0.0925. The topological polar surface area (TPSA) is 79.0 Å². The van der Waals surface area contributed by atoms with E-state index in [1.165, 1.54) is 0 Å². The van der Waals surface area contributed by atoms with Crippen LogP contribution in [0.1, 0.15) is 20.7 Å². The summed E-state index contributed by atoms with van der Waals surface area (Å²) < 4.78 is 0. The molecule has 24 heavy (non-hydrogen) atoms. The zero-order chi connectivity index (χ0) is 16.3. The smallest absolute Gasteiger partial charge is 0.267 e. The zero-order valence-electron chi connectivity index (χ0n) is 12.4. The number of imidazole rings is 1. The van der Waals surface area contributed by atoms with Gasteiger partial charge in [-0.25, -0.2) is 14.9 Å². The van der Waals surface area contributed by atoms with E-state index in [1.54, 1.807) is 30.6 Å². The third-order valence-corrected chi connectivity index (χ3v) is 4.26. The van der Waals surface area contributed by atoms with Gasteiger partial charge in [0, 0.05) is 5.39 Å². The SMILES string of the molecule is O=C1c2ccccc2C(=O)N1c1nc2ccccc2c2[nH]cnc12. The third-order valence-electron chi connectivity index (χ3n) is 4.26. The first-order valence-corrected chi connectivity index (χ1v) is 7.45. The van der Waals surface area contributed by atoms with Gasteiger partial charge in [0.05, 0.1) is 28.5 Å². The molecule has 0 radical (unpaired) electrons. The number of hydrogen-bond acceptors (Lipinski definition) is 4. The number of carbonyl (C=O) groups is 2. The fourth-order valence-electron chi connectivity index (χ4n) is 3.16. The van der Waals surface area contributed by atoms with Gasteiger partial charge in [-0.05, 0) is 18.2 Å². The molecule has 2 amide bonds. The second-order valence-electron chi connectivity index (χ2n) is 5.57. The summed E-state index contributed by atoms with van der Waals surface area (Å²) in [5.41, 5.74) is 2.73. The molecule has 0 aliphatic carbocycles. The van der Waals surface area contributed by atoms with Gasteiger partial charge in [0.15, 0.2) is 5.82 Å². The van der Waals surface area contributed by atoms with Crippen molar-refractivity contribution in [1.82, 2.24) is 15.0 Å². The molecule has 4 aromatic rings. The molecule has 2 aromatic heterocycles. The van der Waals surface area contributed by atoms with Crippen molar-refractivity contribution in [3.8, 4) is 0 Å². The van der Waals surface area contributed by atoms with Crippen LogP contribution in [0, 0.1) is 0 Å². The first-order valence-electron chi connectivity index (χ1n) is 7.45. The highest BCUT2D eigenvalue weighted by Crippen LogP contribution is 2.33. The fraction of sp³-hybridized carbons (Fsp3) is 0. The summed E-state index contributed by atoms with van der Waals surface area (Å²) in [6, 6.07) is 14.3. The number of anilines is 1.